The second kappa shape index (κ2) is 7.21. The zero-order valence-electron chi connectivity index (χ0n) is 14.7. The first-order valence-electron chi connectivity index (χ1n) is 8.05. The Morgan fingerprint density at radius 2 is 1.68 bits per heavy atom. The predicted octanol–water partition coefficient (Wildman–Crippen LogP) is 3.83. The van der Waals surface area contributed by atoms with Gasteiger partial charge in [-0.3, -0.25) is 29.4 Å². The molecular weight excluding hydrogens is 409 g/mol. The minimum atomic E-state index is -1.16. The molecule has 144 valence electrons. The molecule has 0 radical (unpaired) electrons. The van der Waals surface area contributed by atoms with E-state index in [-0.39, 0.29) is 38.1 Å². The number of carbonyl (C=O) groups is 3. The lowest BCUT2D eigenvalue weighted by Crippen LogP contribution is -2.45. The van der Waals surface area contributed by atoms with Gasteiger partial charge in [-0.25, -0.2) is 0 Å². The number of rotatable bonds is 4. The number of amides is 3. The molecular formula is C18H13Cl2N3O5. The zero-order valence-corrected chi connectivity index (χ0v) is 16.2. The SMILES string of the molecule is Cc1c(NC(=O)[C@H](C)N2C(=O)c3cc(Cl)c(Cl)cc3C2=O)cccc1[N+](=O)[O-]. The third-order valence-corrected chi connectivity index (χ3v) is 5.21. The maximum atomic E-state index is 12.6. The van der Waals surface area contributed by atoms with Gasteiger partial charge < -0.3 is 5.32 Å². The summed E-state index contributed by atoms with van der Waals surface area (Å²) in [4.78, 5) is 49.1. The molecule has 1 heterocycles. The molecule has 0 spiro atoms. The minimum absolute atomic E-state index is 0.0607. The summed E-state index contributed by atoms with van der Waals surface area (Å²) in [6.45, 7) is 2.87. The quantitative estimate of drug-likeness (QED) is 0.458. The van der Waals surface area contributed by atoms with Crippen LogP contribution in [0.1, 0.15) is 33.2 Å². The molecule has 0 aliphatic carbocycles. The Bertz CT molecular complexity index is 1010. The minimum Gasteiger partial charge on any atom is -0.324 e. The van der Waals surface area contributed by atoms with Gasteiger partial charge >= 0.3 is 0 Å². The van der Waals surface area contributed by atoms with Gasteiger partial charge in [0.2, 0.25) is 5.91 Å². The first kappa shape index (κ1) is 19.8. The summed E-state index contributed by atoms with van der Waals surface area (Å²) in [6, 6.07) is 5.64. The second-order valence-electron chi connectivity index (χ2n) is 6.16. The zero-order chi connectivity index (χ0) is 20.7. The molecule has 3 amide bonds. The fourth-order valence-corrected chi connectivity index (χ4v) is 3.24. The van der Waals surface area contributed by atoms with Crippen molar-refractivity contribution in [3.63, 3.8) is 0 Å². The average Bonchev–Trinajstić information content (AvgIpc) is 2.86. The molecule has 0 saturated carbocycles. The number of halogens is 2. The molecule has 8 nitrogen and oxygen atoms in total. The summed E-state index contributed by atoms with van der Waals surface area (Å²) in [5.41, 5.74) is 0.439. The fourth-order valence-electron chi connectivity index (χ4n) is 2.92. The first-order chi connectivity index (χ1) is 13.1. The van der Waals surface area contributed by atoms with E-state index in [2.05, 4.69) is 5.32 Å². The fraction of sp³-hybridized carbons (Fsp3) is 0.167. The lowest BCUT2D eigenvalue weighted by molar-refractivity contribution is -0.385. The Morgan fingerprint density at radius 3 is 2.18 bits per heavy atom. The Labute approximate surface area is 169 Å². The van der Waals surface area contributed by atoms with E-state index < -0.39 is 28.7 Å². The van der Waals surface area contributed by atoms with Gasteiger partial charge in [-0.05, 0) is 32.0 Å². The number of nitro groups is 1. The van der Waals surface area contributed by atoms with Crippen LogP contribution in [0.25, 0.3) is 0 Å². The van der Waals surface area contributed by atoms with Crippen LogP contribution in [0.3, 0.4) is 0 Å². The van der Waals surface area contributed by atoms with Crippen LogP contribution >= 0.6 is 23.2 Å². The van der Waals surface area contributed by atoms with Crippen LogP contribution in [0.2, 0.25) is 10.0 Å². The molecule has 1 aliphatic heterocycles. The maximum absolute atomic E-state index is 12.6. The number of anilines is 1. The maximum Gasteiger partial charge on any atom is 0.274 e. The molecule has 2 aromatic carbocycles. The number of imide groups is 1. The third kappa shape index (κ3) is 3.21. The molecule has 0 aromatic heterocycles. The number of hydrogen-bond donors (Lipinski definition) is 1. The molecule has 3 rings (SSSR count). The Hall–Kier alpha value is -2.97. The molecule has 2 aromatic rings. The van der Waals surface area contributed by atoms with Crippen molar-refractivity contribution in [2.75, 3.05) is 5.32 Å². The van der Waals surface area contributed by atoms with E-state index in [1.165, 1.54) is 44.2 Å². The first-order valence-corrected chi connectivity index (χ1v) is 8.81. The summed E-state index contributed by atoms with van der Waals surface area (Å²) in [5.74, 6) is -2.01. The van der Waals surface area contributed by atoms with E-state index in [0.717, 1.165) is 4.90 Å². The molecule has 10 heteroatoms. The number of nitrogens with zero attached hydrogens (tertiary/aromatic N) is 2. The van der Waals surface area contributed by atoms with Crippen LogP contribution in [-0.2, 0) is 4.79 Å². The van der Waals surface area contributed by atoms with Crippen molar-refractivity contribution < 1.29 is 19.3 Å². The number of nitrogens with one attached hydrogen (secondary N) is 1. The number of hydrogen-bond acceptors (Lipinski definition) is 5. The topological polar surface area (TPSA) is 110 Å². The van der Waals surface area contributed by atoms with Crippen molar-refractivity contribution in [2.24, 2.45) is 0 Å². The van der Waals surface area contributed by atoms with Gasteiger partial charge in [-0.15, -0.1) is 0 Å². The molecule has 0 bridgehead atoms. The van der Waals surface area contributed by atoms with Gasteiger partial charge in [0.15, 0.2) is 0 Å². The van der Waals surface area contributed by atoms with Crippen LogP contribution in [0.15, 0.2) is 30.3 Å². The van der Waals surface area contributed by atoms with E-state index in [1.807, 2.05) is 0 Å². The van der Waals surface area contributed by atoms with Gasteiger partial charge in [0.1, 0.15) is 6.04 Å². The summed E-state index contributed by atoms with van der Waals surface area (Å²) in [7, 11) is 0. The van der Waals surface area contributed by atoms with Crippen molar-refractivity contribution in [3.05, 3.63) is 67.2 Å². The molecule has 0 fully saturated rings. The van der Waals surface area contributed by atoms with E-state index >= 15 is 0 Å². The van der Waals surface area contributed by atoms with Crippen LogP contribution in [0.5, 0.6) is 0 Å². The Balaban J connectivity index is 1.87. The number of benzene rings is 2. The Morgan fingerprint density at radius 1 is 1.14 bits per heavy atom. The van der Waals surface area contributed by atoms with E-state index in [4.69, 9.17) is 23.2 Å². The highest BCUT2D eigenvalue weighted by Crippen LogP contribution is 2.33. The molecule has 1 aliphatic rings. The summed E-state index contributed by atoms with van der Waals surface area (Å²) < 4.78 is 0. The highest BCUT2D eigenvalue weighted by atomic mass is 35.5. The van der Waals surface area contributed by atoms with Gasteiger partial charge in [-0.2, -0.15) is 0 Å². The van der Waals surface area contributed by atoms with Crippen molar-refractivity contribution in [3.8, 4) is 0 Å². The van der Waals surface area contributed by atoms with Gasteiger partial charge in [0, 0.05) is 6.07 Å². The number of carbonyl (C=O) groups excluding carboxylic acids is 3. The van der Waals surface area contributed by atoms with Crippen LogP contribution in [-0.4, -0.2) is 33.6 Å². The Kier molecular flexibility index (Phi) is 5.10. The van der Waals surface area contributed by atoms with Crippen molar-refractivity contribution >= 4 is 52.3 Å². The van der Waals surface area contributed by atoms with Crippen molar-refractivity contribution in [2.45, 2.75) is 19.9 Å². The standard InChI is InChI=1S/C18H13Cl2N3O5/c1-8-14(4-3-5-15(8)23(27)28)21-16(24)9(2)22-17(25)10-6-12(19)13(20)7-11(10)18(22)26/h3-7,9H,1-2H3,(H,21,24)/t9-/m0/s1. The number of fused-ring (bicyclic) bond motifs is 1. The summed E-state index contributed by atoms with van der Waals surface area (Å²) >= 11 is 11.8. The van der Waals surface area contributed by atoms with E-state index in [0.29, 0.717) is 0 Å². The van der Waals surface area contributed by atoms with Crippen molar-refractivity contribution in [1.29, 1.82) is 0 Å². The molecule has 28 heavy (non-hydrogen) atoms. The van der Waals surface area contributed by atoms with Crippen LogP contribution in [0, 0.1) is 17.0 Å². The van der Waals surface area contributed by atoms with Crippen LogP contribution in [0.4, 0.5) is 11.4 Å². The van der Waals surface area contributed by atoms with E-state index in [9.17, 15) is 24.5 Å². The average molecular weight is 422 g/mol. The second-order valence-corrected chi connectivity index (χ2v) is 6.98. The summed E-state index contributed by atoms with van der Waals surface area (Å²) in [6.07, 6.45) is 0. The highest BCUT2D eigenvalue weighted by Gasteiger charge is 2.41. The number of nitro benzene ring substituents is 1. The molecule has 0 unspecified atom stereocenters. The highest BCUT2D eigenvalue weighted by molar-refractivity contribution is 6.43. The van der Waals surface area contributed by atoms with Crippen LogP contribution < -0.4 is 5.32 Å². The van der Waals surface area contributed by atoms with Crippen molar-refractivity contribution in [1.82, 2.24) is 4.90 Å². The summed E-state index contributed by atoms with van der Waals surface area (Å²) in [5, 5.41) is 13.8. The van der Waals surface area contributed by atoms with Gasteiger partial charge in [-0.1, -0.05) is 29.3 Å². The predicted molar refractivity (Wildman–Crippen MR) is 103 cm³/mol. The largest absolute Gasteiger partial charge is 0.324 e. The van der Waals surface area contributed by atoms with E-state index in [1.54, 1.807) is 0 Å². The molecule has 0 saturated heterocycles. The monoisotopic (exact) mass is 421 g/mol. The lowest BCUT2D eigenvalue weighted by Gasteiger charge is -2.22. The smallest absolute Gasteiger partial charge is 0.274 e. The molecule has 1 atom stereocenters. The lowest BCUT2D eigenvalue weighted by atomic mass is 10.1. The normalized spacial score (nSPS) is 14.1. The third-order valence-electron chi connectivity index (χ3n) is 4.49. The van der Waals surface area contributed by atoms with Gasteiger partial charge in [0.25, 0.3) is 17.5 Å². The molecule has 1 N–H and O–H groups in total. The van der Waals surface area contributed by atoms with Gasteiger partial charge in [0.05, 0.1) is 37.3 Å².